The zero-order valence-corrected chi connectivity index (χ0v) is 32.5. The van der Waals surface area contributed by atoms with Crippen molar-refractivity contribution in [1.29, 1.82) is 0 Å². The zero-order chi connectivity index (χ0) is 42.5. The summed E-state index contributed by atoms with van der Waals surface area (Å²) in [6.07, 6.45) is -17.9. The maximum atomic E-state index is 13.0. The summed E-state index contributed by atoms with van der Waals surface area (Å²) in [6, 6.07) is 0. The predicted octanol–water partition coefficient (Wildman–Crippen LogP) is -0.821. The SMILES string of the molecule is CC(=O)OCC1O[C@@H](O[C@@H]2C(COC(C)=O)O[C@@H](NC(=O)CONC(=O)OC(C)(C)C)C(OC(C)=O)[C@@H]2OC(C)=O)C(OC(C)=O)[C@@H](OC(C)=O)[C@@H]1OC(C)=O. The fourth-order valence-corrected chi connectivity index (χ4v) is 5.29. The molecule has 0 aromatic carbocycles. The van der Waals surface area contributed by atoms with E-state index in [0.717, 1.165) is 48.5 Å². The van der Waals surface area contributed by atoms with Gasteiger partial charge in [-0.1, -0.05) is 0 Å². The summed E-state index contributed by atoms with van der Waals surface area (Å²) in [7, 11) is 0. The third kappa shape index (κ3) is 15.9. The van der Waals surface area contributed by atoms with Crippen LogP contribution in [-0.4, -0.2) is 141 Å². The Balaban J connectivity index is 2.64. The molecule has 0 spiro atoms. The van der Waals surface area contributed by atoms with Gasteiger partial charge in [-0.05, 0) is 20.8 Å². The molecule has 0 aliphatic carbocycles. The van der Waals surface area contributed by atoms with E-state index in [0.29, 0.717) is 0 Å². The van der Waals surface area contributed by atoms with Crippen molar-refractivity contribution < 1.29 is 100 Å². The average Bonchev–Trinajstić information content (AvgIpc) is 3.02. The van der Waals surface area contributed by atoms with Gasteiger partial charge in [-0.15, -0.1) is 0 Å². The monoisotopic (exact) mass is 808 g/mol. The van der Waals surface area contributed by atoms with Crippen molar-refractivity contribution in [2.24, 2.45) is 0 Å². The first-order valence-electron chi connectivity index (χ1n) is 17.0. The maximum Gasteiger partial charge on any atom is 0.431 e. The molecule has 2 aliphatic rings. The lowest BCUT2D eigenvalue weighted by Crippen LogP contribution is -2.69. The van der Waals surface area contributed by atoms with Crippen molar-refractivity contribution in [2.75, 3.05) is 19.8 Å². The molecule has 0 bridgehead atoms. The van der Waals surface area contributed by atoms with E-state index < -0.39 is 141 Å². The van der Waals surface area contributed by atoms with E-state index in [1.54, 1.807) is 20.8 Å². The van der Waals surface area contributed by atoms with E-state index >= 15 is 0 Å². The van der Waals surface area contributed by atoms with Crippen molar-refractivity contribution >= 4 is 53.8 Å². The van der Waals surface area contributed by atoms with Crippen LogP contribution in [0.2, 0.25) is 0 Å². The van der Waals surface area contributed by atoms with Gasteiger partial charge in [-0.2, -0.15) is 5.48 Å². The van der Waals surface area contributed by atoms with Crippen LogP contribution in [0.3, 0.4) is 0 Å². The number of rotatable bonds is 15. The second-order valence-electron chi connectivity index (χ2n) is 13.2. The third-order valence-corrected chi connectivity index (χ3v) is 6.99. The Morgan fingerprint density at radius 1 is 0.536 bits per heavy atom. The highest BCUT2D eigenvalue weighted by molar-refractivity contribution is 5.78. The van der Waals surface area contributed by atoms with E-state index in [1.165, 1.54) is 0 Å². The van der Waals surface area contributed by atoms with Gasteiger partial charge in [0.1, 0.15) is 37.1 Å². The molecule has 23 heteroatoms. The van der Waals surface area contributed by atoms with Gasteiger partial charge in [0.25, 0.3) is 5.91 Å². The summed E-state index contributed by atoms with van der Waals surface area (Å²) in [5.41, 5.74) is 1.02. The van der Waals surface area contributed by atoms with Crippen LogP contribution in [0.1, 0.15) is 69.2 Å². The molecular formula is C33H48N2O21. The van der Waals surface area contributed by atoms with Crippen LogP contribution in [-0.2, 0) is 95.3 Å². The summed E-state index contributed by atoms with van der Waals surface area (Å²) in [5, 5.41) is 2.37. The highest BCUT2D eigenvalue weighted by Crippen LogP contribution is 2.35. The smallest absolute Gasteiger partial charge is 0.431 e. The predicted molar refractivity (Wildman–Crippen MR) is 177 cm³/mol. The Morgan fingerprint density at radius 3 is 1.43 bits per heavy atom. The van der Waals surface area contributed by atoms with Crippen LogP contribution in [0.5, 0.6) is 0 Å². The lowest BCUT2D eigenvalue weighted by molar-refractivity contribution is -0.345. The van der Waals surface area contributed by atoms with E-state index in [-0.39, 0.29) is 0 Å². The Hall–Kier alpha value is -5.13. The fraction of sp³-hybridized carbons (Fsp3) is 0.727. The molecule has 2 heterocycles. The van der Waals surface area contributed by atoms with E-state index in [9.17, 15) is 43.2 Å². The minimum Gasteiger partial charge on any atom is -0.463 e. The molecule has 56 heavy (non-hydrogen) atoms. The van der Waals surface area contributed by atoms with Gasteiger partial charge >= 0.3 is 47.9 Å². The van der Waals surface area contributed by atoms with Crippen LogP contribution in [0, 0.1) is 0 Å². The van der Waals surface area contributed by atoms with E-state index in [2.05, 4.69) is 5.32 Å². The van der Waals surface area contributed by atoms with Crippen LogP contribution in [0.25, 0.3) is 0 Å². The first-order chi connectivity index (χ1) is 26.0. The maximum absolute atomic E-state index is 13.0. The molecule has 0 saturated carbocycles. The number of carbonyl (C=O) groups is 9. The molecule has 0 aromatic rings. The van der Waals surface area contributed by atoms with Gasteiger partial charge < -0.3 is 57.4 Å². The second-order valence-corrected chi connectivity index (χ2v) is 13.2. The minimum atomic E-state index is -1.89. The Kier molecular flexibility index (Phi) is 17.8. The van der Waals surface area contributed by atoms with Gasteiger partial charge in [0.15, 0.2) is 49.6 Å². The molecule has 2 aliphatic heterocycles. The molecule has 2 rings (SSSR count). The van der Waals surface area contributed by atoms with Gasteiger partial charge in [0.2, 0.25) is 0 Å². The van der Waals surface area contributed by atoms with Gasteiger partial charge in [-0.25, -0.2) is 4.79 Å². The van der Waals surface area contributed by atoms with Crippen LogP contribution >= 0.6 is 0 Å². The topological polar surface area (TPSA) is 288 Å². The molecule has 0 aromatic heterocycles. The highest BCUT2D eigenvalue weighted by Gasteiger charge is 2.57. The number of ether oxygens (including phenoxy) is 11. The number of esters is 7. The quantitative estimate of drug-likeness (QED) is 0.116. The third-order valence-electron chi connectivity index (χ3n) is 6.99. The zero-order valence-electron chi connectivity index (χ0n) is 32.5. The first kappa shape index (κ1) is 47.0. The largest absolute Gasteiger partial charge is 0.463 e. The van der Waals surface area contributed by atoms with Gasteiger partial charge in [-0.3, -0.25) is 43.2 Å². The van der Waals surface area contributed by atoms with Crippen molar-refractivity contribution in [2.45, 2.75) is 136 Å². The van der Waals surface area contributed by atoms with Crippen molar-refractivity contribution in [3.63, 3.8) is 0 Å². The number of hydrogen-bond donors (Lipinski definition) is 2. The molecule has 10 atom stereocenters. The Morgan fingerprint density at radius 2 is 0.964 bits per heavy atom. The number of amides is 2. The van der Waals surface area contributed by atoms with Crippen LogP contribution < -0.4 is 10.8 Å². The molecule has 2 N–H and O–H groups in total. The van der Waals surface area contributed by atoms with E-state index in [4.69, 9.17) is 56.9 Å². The molecular weight excluding hydrogens is 760 g/mol. The Bertz CT molecular complexity index is 1460. The summed E-state index contributed by atoms with van der Waals surface area (Å²) in [5.74, 6) is -7.36. The standard InChI is InChI=1S/C33H48N2O21/c1-14(36)45-11-21-25(55-31-29(52-20(7)42)27(50-18(5)40)24(48-16(3)38)22(54-31)12-46-15(2)37)26(49-17(4)39)28(51-19(6)41)30(53-21)34-23(43)13-47-35-32(44)56-33(8,9)10/h21-22,24-31H,11-13H2,1-10H3,(H,34,43)(H,35,44)/t21?,22?,24-,25-,26-,27+,28?,29?,30-,31+/m1/s1. The number of carbonyl (C=O) groups excluding carboxylic acids is 9. The molecule has 4 unspecified atom stereocenters. The average molecular weight is 809 g/mol. The number of hydroxylamine groups is 1. The second kappa shape index (κ2) is 21.2. The normalized spacial score (nSPS) is 27.2. The molecule has 2 fully saturated rings. The molecule has 23 nitrogen and oxygen atoms in total. The van der Waals surface area contributed by atoms with Crippen molar-refractivity contribution in [3.05, 3.63) is 0 Å². The lowest BCUT2D eigenvalue weighted by Gasteiger charge is -2.48. The fourth-order valence-electron chi connectivity index (χ4n) is 5.29. The highest BCUT2D eigenvalue weighted by atomic mass is 16.8. The van der Waals surface area contributed by atoms with E-state index in [1.807, 2.05) is 5.48 Å². The van der Waals surface area contributed by atoms with Gasteiger partial charge in [0, 0.05) is 48.5 Å². The summed E-state index contributed by atoms with van der Waals surface area (Å²) < 4.78 is 60.8. The summed E-state index contributed by atoms with van der Waals surface area (Å²) in [4.78, 5) is 115. The van der Waals surface area contributed by atoms with Gasteiger partial charge in [0.05, 0.1) is 0 Å². The van der Waals surface area contributed by atoms with Crippen LogP contribution in [0.4, 0.5) is 4.79 Å². The molecule has 316 valence electrons. The number of nitrogens with one attached hydrogen (secondary N) is 2. The summed E-state index contributed by atoms with van der Waals surface area (Å²) >= 11 is 0. The minimum absolute atomic E-state index is 0.627. The Labute approximate surface area is 320 Å². The lowest BCUT2D eigenvalue weighted by atomic mass is 9.95. The van der Waals surface area contributed by atoms with Crippen molar-refractivity contribution in [1.82, 2.24) is 10.8 Å². The molecule has 0 radical (unpaired) electrons. The first-order valence-corrected chi connectivity index (χ1v) is 17.0. The number of hydrogen-bond acceptors (Lipinski definition) is 21. The molecule has 2 amide bonds. The van der Waals surface area contributed by atoms with Crippen LogP contribution in [0.15, 0.2) is 0 Å². The van der Waals surface area contributed by atoms with Crippen molar-refractivity contribution in [3.8, 4) is 0 Å². The summed E-state index contributed by atoms with van der Waals surface area (Å²) in [6.45, 7) is 9.72. The molecule has 2 saturated heterocycles.